The van der Waals surface area contributed by atoms with Gasteiger partial charge >= 0.3 is 0 Å². The number of ether oxygens (including phenoxy) is 1. The zero-order valence-electron chi connectivity index (χ0n) is 8.84. The van der Waals surface area contributed by atoms with Crippen molar-refractivity contribution < 1.29 is 4.74 Å². The third kappa shape index (κ3) is 2.38. The first kappa shape index (κ1) is 10.2. The highest BCUT2D eigenvalue weighted by Gasteiger charge is 1.97. The molecular weight excluding hydrogens is 204 g/mol. The lowest BCUT2D eigenvalue weighted by Crippen LogP contribution is -1.96. The number of nitrogens with two attached hydrogens (primary N) is 1. The smallest absolute Gasteiger partial charge is 0.213 e. The Morgan fingerprint density at radius 2 is 2.12 bits per heavy atom. The van der Waals surface area contributed by atoms with Crippen LogP contribution in [0.4, 0.5) is 17.2 Å². The molecule has 0 radical (unpaired) electrons. The second kappa shape index (κ2) is 4.48. The van der Waals surface area contributed by atoms with E-state index in [0.717, 1.165) is 5.69 Å². The molecule has 5 heteroatoms. The van der Waals surface area contributed by atoms with Crippen molar-refractivity contribution in [2.24, 2.45) is 0 Å². The van der Waals surface area contributed by atoms with Crippen molar-refractivity contribution in [3.05, 3.63) is 36.7 Å². The predicted molar refractivity (Wildman–Crippen MR) is 62.7 cm³/mol. The van der Waals surface area contributed by atoms with E-state index in [1.165, 1.54) is 0 Å². The number of pyridine rings is 2. The van der Waals surface area contributed by atoms with Crippen molar-refractivity contribution in [1.29, 1.82) is 0 Å². The monoisotopic (exact) mass is 216 g/mol. The van der Waals surface area contributed by atoms with Gasteiger partial charge in [0.2, 0.25) is 5.88 Å². The quantitative estimate of drug-likeness (QED) is 0.818. The number of anilines is 3. The fraction of sp³-hybridized carbons (Fsp3) is 0.0909. The SMILES string of the molecule is COc1ccc(Nc2cc(N)ccn2)cn1. The zero-order valence-corrected chi connectivity index (χ0v) is 8.84. The van der Waals surface area contributed by atoms with Crippen molar-refractivity contribution in [1.82, 2.24) is 9.97 Å². The first-order chi connectivity index (χ1) is 7.78. The van der Waals surface area contributed by atoms with Gasteiger partial charge in [0.25, 0.3) is 0 Å². The lowest BCUT2D eigenvalue weighted by Gasteiger charge is -2.06. The van der Waals surface area contributed by atoms with Gasteiger partial charge in [0, 0.05) is 24.0 Å². The van der Waals surface area contributed by atoms with Crippen LogP contribution in [0.15, 0.2) is 36.7 Å². The molecular formula is C11H12N4O. The number of aromatic nitrogens is 2. The molecule has 0 saturated carbocycles. The largest absolute Gasteiger partial charge is 0.481 e. The van der Waals surface area contributed by atoms with Crippen molar-refractivity contribution >= 4 is 17.2 Å². The Hall–Kier alpha value is -2.30. The summed E-state index contributed by atoms with van der Waals surface area (Å²) in [6, 6.07) is 7.12. The Bertz CT molecular complexity index is 470. The highest BCUT2D eigenvalue weighted by Crippen LogP contribution is 2.17. The van der Waals surface area contributed by atoms with Gasteiger partial charge in [-0.05, 0) is 12.1 Å². The number of hydrogen-bond acceptors (Lipinski definition) is 5. The van der Waals surface area contributed by atoms with Crippen LogP contribution in [-0.2, 0) is 0 Å². The van der Waals surface area contributed by atoms with E-state index in [4.69, 9.17) is 10.5 Å². The summed E-state index contributed by atoms with van der Waals surface area (Å²) >= 11 is 0. The maximum absolute atomic E-state index is 5.64. The van der Waals surface area contributed by atoms with E-state index in [1.54, 1.807) is 37.7 Å². The molecule has 0 aliphatic heterocycles. The van der Waals surface area contributed by atoms with Crippen LogP contribution in [0.3, 0.4) is 0 Å². The highest BCUT2D eigenvalue weighted by atomic mass is 16.5. The number of rotatable bonds is 3. The molecule has 0 aliphatic carbocycles. The summed E-state index contributed by atoms with van der Waals surface area (Å²) in [5.41, 5.74) is 7.14. The fourth-order valence-electron chi connectivity index (χ4n) is 1.24. The van der Waals surface area contributed by atoms with Gasteiger partial charge in [0.1, 0.15) is 5.82 Å². The Balaban J connectivity index is 2.14. The second-order valence-corrected chi connectivity index (χ2v) is 3.19. The summed E-state index contributed by atoms with van der Waals surface area (Å²) in [4.78, 5) is 8.20. The molecule has 0 amide bonds. The van der Waals surface area contributed by atoms with E-state index < -0.39 is 0 Å². The predicted octanol–water partition coefficient (Wildman–Crippen LogP) is 1.81. The van der Waals surface area contributed by atoms with Crippen LogP contribution >= 0.6 is 0 Å². The van der Waals surface area contributed by atoms with Crippen molar-refractivity contribution in [3.63, 3.8) is 0 Å². The maximum Gasteiger partial charge on any atom is 0.213 e. The molecule has 0 atom stereocenters. The number of nitrogens with one attached hydrogen (secondary N) is 1. The molecule has 2 heterocycles. The molecule has 2 rings (SSSR count). The van der Waals surface area contributed by atoms with Gasteiger partial charge < -0.3 is 15.8 Å². The summed E-state index contributed by atoms with van der Waals surface area (Å²) in [7, 11) is 1.58. The van der Waals surface area contributed by atoms with Crippen LogP contribution in [0.25, 0.3) is 0 Å². The van der Waals surface area contributed by atoms with Crippen LogP contribution in [-0.4, -0.2) is 17.1 Å². The van der Waals surface area contributed by atoms with Crippen LogP contribution < -0.4 is 15.8 Å². The van der Waals surface area contributed by atoms with Crippen LogP contribution in [0.2, 0.25) is 0 Å². The molecule has 0 bridgehead atoms. The van der Waals surface area contributed by atoms with E-state index in [2.05, 4.69) is 15.3 Å². The molecule has 0 aliphatic rings. The summed E-state index contributed by atoms with van der Waals surface area (Å²) in [5.74, 6) is 1.26. The van der Waals surface area contributed by atoms with Crippen LogP contribution in [0.1, 0.15) is 0 Å². The Morgan fingerprint density at radius 3 is 2.75 bits per heavy atom. The van der Waals surface area contributed by atoms with E-state index in [0.29, 0.717) is 17.4 Å². The van der Waals surface area contributed by atoms with Crippen LogP contribution in [0, 0.1) is 0 Å². The Labute approximate surface area is 93.3 Å². The molecule has 0 spiro atoms. The standard InChI is InChI=1S/C11H12N4O/c1-16-11-3-2-9(7-14-11)15-10-6-8(12)4-5-13-10/h2-7H,1H3,(H3,12,13,15). The average Bonchev–Trinajstić information content (AvgIpc) is 2.30. The molecule has 0 aromatic carbocycles. The second-order valence-electron chi connectivity index (χ2n) is 3.19. The van der Waals surface area contributed by atoms with Gasteiger partial charge in [-0.3, -0.25) is 0 Å². The minimum atomic E-state index is 0.575. The first-order valence-corrected chi connectivity index (χ1v) is 4.76. The summed E-state index contributed by atoms with van der Waals surface area (Å²) in [5, 5.41) is 3.09. The van der Waals surface area contributed by atoms with Gasteiger partial charge in [-0.1, -0.05) is 0 Å². The normalized spacial score (nSPS) is 9.81. The molecule has 3 N–H and O–H groups in total. The van der Waals surface area contributed by atoms with Crippen LogP contribution in [0.5, 0.6) is 5.88 Å². The minimum Gasteiger partial charge on any atom is -0.481 e. The van der Waals surface area contributed by atoms with E-state index in [-0.39, 0.29) is 0 Å². The highest BCUT2D eigenvalue weighted by molar-refractivity contribution is 5.58. The summed E-state index contributed by atoms with van der Waals surface area (Å²) < 4.78 is 4.96. The molecule has 82 valence electrons. The number of nitrogen functional groups attached to an aromatic ring is 1. The van der Waals surface area contributed by atoms with E-state index in [1.807, 2.05) is 6.07 Å². The van der Waals surface area contributed by atoms with Crippen molar-refractivity contribution in [2.75, 3.05) is 18.2 Å². The summed E-state index contributed by atoms with van der Waals surface area (Å²) in [6.07, 6.45) is 3.32. The molecule has 0 unspecified atom stereocenters. The van der Waals surface area contributed by atoms with Gasteiger partial charge in [-0.15, -0.1) is 0 Å². The van der Waals surface area contributed by atoms with Gasteiger partial charge in [-0.2, -0.15) is 0 Å². The molecule has 0 fully saturated rings. The lowest BCUT2D eigenvalue weighted by atomic mass is 10.3. The van der Waals surface area contributed by atoms with E-state index >= 15 is 0 Å². The first-order valence-electron chi connectivity index (χ1n) is 4.76. The van der Waals surface area contributed by atoms with Crippen molar-refractivity contribution in [2.45, 2.75) is 0 Å². The lowest BCUT2D eigenvalue weighted by molar-refractivity contribution is 0.398. The van der Waals surface area contributed by atoms with Gasteiger partial charge in [-0.25, -0.2) is 9.97 Å². The fourth-order valence-corrected chi connectivity index (χ4v) is 1.24. The molecule has 2 aromatic rings. The van der Waals surface area contributed by atoms with Crippen molar-refractivity contribution in [3.8, 4) is 5.88 Å². The third-order valence-corrected chi connectivity index (χ3v) is 2.00. The topological polar surface area (TPSA) is 73.1 Å². The summed E-state index contributed by atoms with van der Waals surface area (Å²) in [6.45, 7) is 0. The number of methoxy groups -OCH3 is 1. The maximum atomic E-state index is 5.64. The Morgan fingerprint density at radius 1 is 1.25 bits per heavy atom. The molecule has 0 saturated heterocycles. The average molecular weight is 216 g/mol. The zero-order chi connectivity index (χ0) is 11.4. The number of hydrogen-bond donors (Lipinski definition) is 2. The number of nitrogens with zero attached hydrogens (tertiary/aromatic N) is 2. The Kier molecular flexibility index (Phi) is 2.86. The van der Waals surface area contributed by atoms with Gasteiger partial charge in [0.05, 0.1) is 19.0 Å². The molecule has 2 aromatic heterocycles. The minimum absolute atomic E-state index is 0.575. The molecule has 5 nitrogen and oxygen atoms in total. The molecule has 16 heavy (non-hydrogen) atoms. The third-order valence-electron chi connectivity index (χ3n) is 2.00. The van der Waals surface area contributed by atoms with E-state index in [9.17, 15) is 0 Å². The van der Waals surface area contributed by atoms with Gasteiger partial charge in [0.15, 0.2) is 0 Å².